The molecule has 0 aromatic carbocycles. The van der Waals surface area contributed by atoms with Crippen molar-refractivity contribution in [2.75, 3.05) is 26.5 Å². The van der Waals surface area contributed by atoms with Gasteiger partial charge in [0.15, 0.2) is 0 Å². The summed E-state index contributed by atoms with van der Waals surface area (Å²) in [6, 6.07) is 0. The molecule has 5 heteroatoms. The third-order valence-electron chi connectivity index (χ3n) is 2.67. The van der Waals surface area contributed by atoms with Crippen LogP contribution in [0.5, 0.6) is 0 Å². The van der Waals surface area contributed by atoms with Crippen molar-refractivity contribution in [3.8, 4) is 0 Å². The number of methoxy groups -OCH3 is 1. The van der Waals surface area contributed by atoms with Crippen molar-refractivity contribution in [2.45, 2.75) is 37.5 Å². The molecule has 0 saturated heterocycles. The summed E-state index contributed by atoms with van der Waals surface area (Å²) >= 11 is 1.72. The molecule has 4 nitrogen and oxygen atoms in total. The first-order valence-corrected chi connectivity index (χ1v) is 6.55. The maximum Gasteiger partial charge on any atom is 0.325 e. The molecule has 0 aromatic heterocycles. The van der Waals surface area contributed by atoms with Crippen LogP contribution >= 0.6 is 11.8 Å². The van der Waals surface area contributed by atoms with Crippen molar-refractivity contribution in [2.24, 2.45) is 0 Å². The van der Waals surface area contributed by atoms with Crippen molar-refractivity contribution in [1.82, 2.24) is 5.32 Å². The summed E-state index contributed by atoms with van der Waals surface area (Å²) in [5.41, 5.74) is -0.599. The fourth-order valence-electron chi connectivity index (χ4n) is 1.32. The average molecular weight is 249 g/mol. The Morgan fingerprint density at radius 3 is 2.69 bits per heavy atom. The highest BCUT2D eigenvalue weighted by Gasteiger charge is 2.31. The van der Waals surface area contributed by atoms with E-state index in [1.54, 1.807) is 18.8 Å². The first-order chi connectivity index (χ1) is 7.50. The Kier molecular flexibility index (Phi) is 7.80. The number of thioether (sulfide) groups is 1. The summed E-state index contributed by atoms with van der Waals surface area (Å²) in [5, 5.41) is 12.1. The Morgan fingerprint density at radius 2 is 2.25 bits per heavy atom. The smallest absolute Gasteiger partial charge is 0.325 e. The van der Waals surface area contributed by atoms with Crippen LogP contribution in [0.4, 0.5) is 0 Å². The summed E-state index contributed by atoms with van der Waals surface area (Å²) in [4.78, 5) is 11.5. The maximum absolute atomic E-state index is 11.5. The normalized spacial score (nSPS) is 16.6. The highest BCUT2D eigenvalue weighted by atomic mass is 32.2. The van der Waals surface area contributed by atoms with E-state index in [-0.39, 0.29) is 17.8 Å². The molecular formula is C11H23NO3S. The number of aliphatic hydroxyl groups is 1. The number of nitrogens with one attached hydrogen (secondary N) is 1. The quantitative estimate of drug-likeness (QED) is 0.497. The summed E-state index contributed by atoms with van der Waals surface area (Å²) in [5.74, 6) is 0.714. The second-order valence-electron chi connectivity index (χ2n) is 4.04. The topological polar surface area (TPSA) is 58.6 Å². The van der Waals surface area contributed by atoms with Crippen molar-refractivity contribution < 1.29 is 14.6 Å². The van der Waals surface area contributed by atoms with Gasteiger partial charge in [-0.05, 0) is 32.6 Å². The van der Waals surface area contributed by atoms with Crippen LogP contribution in [0.25, 0.3) is 0 Å². The van der Waals surface area contributed by atoms with Gasteiger partial charge in [-0.2, -0.15) is 11.8 Å². The van der Waals surface area contributed by atoms with E-state index in [9.17, 15) is 4.79 Å². The summed E-state index contributed by atoms with van der Waals surface area (Å²) < 4.78 is 4.76. The van der Waals surface area contributed by atoms with Crippen molar-refractivity contribution in [3.63, 3.8) is 0 Å². The molecule has 0 aliphatic heterocycles. The van der Waals surface area contributed by atoms with E-state index in [0.717, 1.165) is 18.6 Å². The number of likely N-dealkylation sites (N-methyl/N-ethyl adjacent to an activating group) is 1. The third-order valence-corrected chi connectivity index (χ3v) is 3.91. The van der Waals surface area contributed by atoms with E-state index in [4.69, 9.17) is 9.84 Å². The van der Waals surface area contributed by atoms with Crippen molar-refractivity contribution in [1.29, 1.82) is 0 Å². The molecule has 0 heterocycles. The van der Waals surface area contributed by atoms with Crippen LogP contribution in [0, 0.1) is 0 Å². The monoisotopic (exact) mass is 249 g/mol. The van der Waals surface area contributed by atoms with E-state index >= 15 is 0 Å². The van der Waals surface area contributed by atoms with Crippen molar-refractivity contribution in [3.05, 3.63) is 0 Å². The molecule has 0 rings (SSSR count). The average Bonchev–Trinajstić information content (AvgIpc) is 2.32. The van der Waals surface area contributed by atoms with E-state index in [2.05, 4.69) is 5.32 Å². The van der Waals surface area contributed by atoms with Gasteiger partial charge < -0.3 is 15.2 Å². The second kappa shape index (κ2) is 7.92. The predicted molar refractivity (Wildman–Crippen MR) is 67.7 cm³/mol. The molecule has 16 heavy (non-hydrogen) atoms. The fourth-order valence-corrected chi connectivity index (χ4v) is 2.14. The number of hydrogen-bond donors (Lipinski definition) is 2. The Balaban J connectivity index is 3.92. The predicted octanol–water partition coefficient (Wildman–Crippen LogP) is 1.03. The van der Waals surface area contributed by atoms with Crippen LogP contribution < -0.4 is 5.32 Å². The Morgan fingerprint density at radius 1 is 1.62 bits per heavy atom. The van der Waals surface area contributed by atoms with Gasteiger partial charge in [0.25, 0.3) is 0 Å². The lowest BCUT2D eigenvalue weighted by Crippen LogP contribution is -2.48. The lowest BCUT2D eigenvalue weighted by molar-refractivity contribution is -0.148. The number of rotatable bonds is 8. The Bertz CT molecular complexity index is 213. The van der Waals surface area contributed by atoms with Crippen molar-refractivity contribution >= 4 is 17.7 Å². The van der Waals surface area contributed by atoms with Gasteiger partial charge in [0.1, 0.15) is 5.54 Å². The zero-order valence-electron chi connectivity index (χ0n) is 10.6. The first-order valence-electron chi connectivity index (χ1n) is 5.50. The van der Waals surface area contributed by atoms with E-state index in [0.29, 0.717) is 0 Å². The number of carbonyl (C=O) groups is 1. The minimum Gasteiger partial charge on any atom is -0.468 e. The number of esters is 1. The zero-order chi connectivity index (χ0) is 12.6. The standard InChI is InChI=1S/C11H23NO3S/c1-9(8-13)16-7-5-6-11(2,12-3)10(14)15-4/h9,12-13H,5-8H2,1-4H3. The molecule has 0 aliphatic carbocycles. The molecular weight excluding hydrogens is 226 g/mol. The van der Waals surface area contributed by atoms with Crippen LogP contribution in [0.3, 0.4) is 0 Å². The molecule has 0 aliphatic rings. The summed E-state index contributed by atoms with van der Waals surface area (Å²) in [6.45, 7) is 4.03. The minimum absolute atomic E-state index is 0.199. The lowest BCUT2D eigenvalue weighted by Gasteiger charge is -2.26. The van der Waals surface area contributed by atoms with Gasteiger partial charge in [0, 0.05) is 5.25 Å². The minimum atomic E-state index is -0.599. The van der Waals surface area contributed by atoms with Gasteiger partial charge in [0.2, 0.25) is 0 Å². The van der Waals surface area contributed by atoms with Gasteiger partial charge in [-0.1, -0.05) is 6.92 Å². The molecule has 0 bridgehead atoms. The first kappa shape index (κ1) is 15.7. The number of carbonyl (C=O) groups excluding carboxylic acids is 1. The van der Waals surface area contributed by atoms with Crippen LogP contribution in [0.15, 0.2) is 0 Å². The van der Waals surface area contributed by atoms with E-state index < -0.39 is 5.54 Å². The highest BCUT2D eigenvalue weighted by molar-refractivity contribution is 7.99. The molecule has 96 valence electrons. The highest BCUT2D eigenvalue weighted by Crippen LogP contribution is 2.18. The van der Waals surface area contributed by atoms with Gasteiger partial charge in [-0.25, -0.2) is 0 Å². The van der Waals surface area contributed by atoms with Crippen LogP contribution in [0.1, 0.15) is 26.7 Å². The molecule has 2 N–H and O–H groups in total. The summed E-state index contributed by atoms with van der Waals surface area (Å²) in [6.07, 6.45) is 1.66. The number of hydrogen-bond acceptors (Lipinski definition) is 5. The van der Waals surface area contributed by atoms with Gasteiger partial charge in [0.05, 0.1) is 13.7 Å². The van der Waals surface area contributed by atoms with E-state index in [1.807, 2.05) is 13.8 Å². The van der Waals surface area contributed by atoms with E-state index in [1.165, 1.54) is 7.11 Å². The Hall–Kier alpha value is -0.260. The molecule has 0 fully saturated rings. The molecule has 0 radical (unpaired) electrons. The number of aliphatic hydroxyl groups excluding tert-OH is 1. The molecule has 0 aromatic rings. The van der Waals surface area contributed by atoms with Crippen LogP contribution in [0.2, 0.25) is 0 Å². The molecule has 2 atom stereocenters. The SMILES string of the molecule is CNC(C)(CCCSC(C)CO)C(=O)OC. The molecule has 0 saturated carbocycles. The van der Waals surface area contributed by atoms with Crippen LogP contribution in [-0.2, 0) is 9.53 Å². The van der Waals surface area contributed by atoms with Gasteiger partial charge in [-0.15, -0.1) is 0 Å². The van der Waals surface area contributed by atoms with Gasteiger partial charge >= 0.3 is 5.97 Å². The fraction of sp³-hybridized carbons (Fsp3) is 0.909. The zero-order valence-corrected chi connectivity index (χ0v) is 11.4. The maximum atomic E-state index is 11.5. The lowest BCUT2D eigenvalue weighted by atomic mass is 9.97. The van der Waals surface area contributed by atoms with Gasteiger partial charge in [-0.3, -0.25) is 4.79 Å². The second-order valence-corrected chi connectivity index (χ2v) is 5.59. The van der Waals surface area contributed by atoms with Crippen LogP contribution in [-0.4, -0.2) is 48.4 Å². The summed E-state index contributed by atoms with van der Waals surface area (Å²) in [7, 11) is 3.17. The molecule has 0 amide bonds. The number of ether oxygens (including phenoxy) is 1. The molecule has 0 spiro atoms. The Labute approximate surface area is 102 Å². The largest absolute Gasteiger partial charge is 0.468 e. The molecule has 2 unspecified atom stereocenters. The third kappa shape index (κ3) is 5.18.